The van der Waals surface area contributed by atoms with Gasteiger partial charge in [-0.25, -0.2) is 4.79 Å². The molecule has 4 N–H and O–H groups in total. The molecule has 2 heterocycles. The molecule has 1 unspecified atom stereocenters. The summed E-state index contributed by atoms with van der Waals surface area (Å²) in [5.41, 5.74) is 1.29. The topological polar surface area (TPSA) is 140 Å². The highest BCUT2D eigenvalue weighted by Gasteiger charge is 2.30. The summed E-state index contributed by atoms with van der Waals surface area (Å²) in [4.78, 5) is 36.1. The van der Waals surface area contributed by atoms with E-state index >= 15 is 0 Å². The molecule has 2 aromatic carbocycles. The average Bonchev–Trinajstić information content (AvgIpc) is 3.21. The Hall–Kier alpha value is -3.80. The predicted octanol–water partition coefficient (Wildman–Crippen LogP) is 3.34. The molecule has 0 radical (unpaired) electrons. The lowest BCUT2D eigenvalue weighted by molar-refractivity contribution is -0.135. The molecule has 4 amide bonds. The number of anilines is 1. The molecule has 0 aliphatic carbocycles. The zero-order valence-corrected chi connectivity index (χ0v) is 21.5. The average molecular weight is 545 g/mol. The number of aromatic nitrogens is 1. The summed E-state index contributed by atoms with van der Waals surface area (Å²) in [5.74, 6) is -0.328. The highest BCUT2D eigenvalue weighted by molar-refractivity contribution is 6.32. The molecule has 4 rings (SSSR count). The van der Waals surface area contributed by atoms with Gasteiger partial charge in [-0.2, -0.15) is 0 Å². The number of amides is 4. The minimum atomic E-state index is -0.662. The van der Waals surface area contributed by atoms with Crippen LogP contribution in [0.4, 0.5) is 10.5 Å². The molecule has 1 aromatic heterocycles. The Kier molecular flexibility index (Phi) is 9.06. The Bertz CT molecular complexity index is 1330. The second kappa shape index (κ2) is 12.6. The van der Waals surface area contributed by atoms with E-state index in [1.807, 2.05) is 6.07 Å². The van der Waals surface area contributed by atoms with Crippen molar-refractivity contribution in [3.05, 3.63) is 53.2 Å². The molecule has 1 saturated heterocycles. The molecular weight excluding hydrogens is 516 g/mol. The van der Waals surface area contributed by atoms with Crippen LogP contribution in [0.25, 0.3) is 10.8 Å². The van der Waals surface area contributed by atoms with Crippen molar-refractivity contribution in [1.29, 1.82) is 0 Å². The molecule has 3 aromatic rings. The molecule has 1 atom stereocenters. The number of rotatable bonds is 11. The first-order valence-electron chi connectivity index (χ1n) is 12.1. The van der Waals surface area contributed by atoms with Crippen LogP contribution in [0.15, 0.2) is 42.6 Å². The van der Waals surface area contributed by atoms with Crippen molar-refractivity contribution in [3.63, 3.8) is 0 Å². The highest BCUT2D eigenvalue weighted by Crippen LogP contribution is 2.33. The van der Waals surface area contributed by atoms with E-state index in [2.05, 4.69) is 16.0 Å². The molecule has 0 spiro atoms. The van der Waals surface area contributed by atoms with E-state index in [-0.39, 0.29) is 24.8 Å². The van der Waals surface area contributed by atoms with Crippen molar-refractivity contribution in [2.45, 2.75) is 25.4 Å². The van der Waals surface area contributed by atoms with Gasteiger partial charge in [0.1, 0.15) is 18.4 Å². The van der Waals surface area contributed by atoms with Crippen molar-refractivity contribution in [2.24, 2.45) is 0 Å². The summed E-state index contributed by atoms with van der Waals surface area (Å²) in [6, 6.07) is 9.17. The third-order valence-corrected chi connectivity index (χ3v) is 6.28. The van der Waals surface area contributed by atoms with Gasteiger partial charge in [0.2, 0.25) is 11.8 Å². The Morgan fingerprint density at radius 3 is 2.74 bits per heavy atom. The van der Waals surface area contributed by atoms with Gasteiger partial charge in [0, 0.05) is 42.7 Å². The fraction of sp³-hybridized carbons (Fsp3) is 0.346. The van der Waals surface area contributed by atoms with E-state index in [0.717, 1.165) is 5.56 Å². The van der Waals surface area contributed by atoms with Crippen LogP contribution in [0.5, 0.6) is 11.6 Å². The number of urea groups is 1. The maximum atomic E-state index is 12.4. The highest BCUT2D eigenvalue weighted by atomic mass is 35.5. The number of benzene rings is 2. The first kappa shape index (κ1) is 27.2. The van der Waals surface area contributed by atoms with Crippen LogP contribution >= 0.6 is 11.6 Å². The van der Waals surface area contributed by atoms with Crippen molar-refractivity contribution < 1.29 is 33.7 Å². The number of nitrogens with one attached hydrogen (secondary N) is 3. The van der Waals surface area contributed by atoms with E-state index in [0.29, 0.717) is 60.1 Å². The number of piperidine rings is 1. The first-order chi connectivity index (χ1) is 18.4. The van der Waals surface area contributed by atoms with Gasteiger partial charge in [0.05, 0.1) is 24.8 Å². The number of fused-ring (bicyclic) bond motifs is 1. The van der Waals surface area contributed by atoms with Crippen LogP contribution in [0.2, 0.25) is 5.02 Å². The lowest BCUT2D eigenvalue weighted by Crippen LogP contribution is -2.41. The summed E-state index contributed by atoms with van der Waals surface area (Å²) in [7, 11) is 1.60. The van der Waals surface area contributed by atoms with E-state index in [9.17, 15) is 19.5 Å². The third kappa shape index (κ3) is 6.74. The van der Waals surface area contributed by atoms with Gasteiger partial charge in [-0.05, 0) is 42.3 Å². The van der Waals surface area contributed by atoms with Crippen LogP contribution in [0, 0.1) is 0 Å². The van der Waals surface area contributed by atoms with Gasteiger partial charge in [-0.15, -0.1) is 0 Å². The Balaban J connectivity index is 1.30. The van der Waals surface area contributed by atoms with E-state index in [1.165, 1.54) is 4.57 Å². The summed E-state index contributed by atoms with van der Waals surface area (Å²) in [5, 5.41) is 20.1. The first-order valence-corrected chi connectivity index (χ1v) is 12.4. The van der Waals surface area contributed by atoms with Crippen LogP contribution in [0.1, 0.15) is 24.4 Å². The van der Waals surface area contributed by atoms with Gasteiger partial charge < -0.3 is 34.5 Å². The quantitative estimate of drug-likeness (QED) is 0.214. The second-order valence-electron chi connectivity index (χ2n) is 8.65. The Labute approximate surface area is 224 Å². The number of carbonyl (C=O) groups is 3. The van der Waals surface area contributed by atoms with Crippen molar-refractivity contribution in [2.75, 3.05) is 38.9 Å². The third-order valence-electron chi connectivity index (χ3n) is 5.99. The molecule has 1 aliphatic rings. The number of nitrogens with zero attached hydrogens (tertiary/aromatic N) is 1. The number of hydrogen-bond acceptors (Lipinski definition) is 7. The minimum absolute atomic E-state index is 0.0466. The number of hydrogen-bond donors (Lipinski definition) is 4. The van der Waals surface area contributed by atoms with Gasteiger partial charge in [0.25, 0.3) is 0 Å². The van der Waals surface area contributed by atoms with Gasteiger partial charge in [0.15, 0.2) is 5.88 Å². The number of halogens is 1. The summed E-state index contributed by atoms with van der Waals surface area (Å²) >= 11 is 6.27. The van der Waals surface area contributed by atoms with E-state index < -0.39 is 18.0 Å². The molecule has 202 valence electrons. The predicted molar refractivity (Wildman–Crippen MR) is 141 cm³/mol. The maximum absolute atomic E-state index is 12.4. The number of methoxy groups -OCH3 is 1. The maximum Gasteiger partial charge on any atom is 0.319 e. The number of ether oxygens (including phenoxy) is 3. The Morgan fingerprint density at radius 1 is 1.16 bits per heavy atom. The standard InChI is InChI=1S/C26H29ClN4O7/c1-36-8-9-37-10-11-38-22-6-3-18(13-20(22)27)29-26(35)28-14-16-2-4-19-17(12-16)15-31(25(19)34)21-5-7-23(32)30-24(21)33/h2-4,6,12-13,15,21,34H,5,7-11,14H2,1H3,(H2,28,29,35)(H,30,32,33). The Morgan fingerprint density at radius 2 is 1.97 bits per heavy atom. The zero-order valence-electron chi connectivity index (χ0n) is 20.8. The fourth-order valence-electron chi connectivity index (χ4n) is 4.08. The summed E-state index contributed by atoms with van der Waals surface area (Å²) in [6.45, 7) is 1.95. The van der Waals surface area contributed by atoms with Crippen LogP contribution in [-0.2, 0) is 25.6 Å². The van der Waals surface area contributed by atoms with E-state index in [1.54, 1.807) is 43.6 Å². The lowest BCUT2D eigenvalue weighted by Gasteiger charge is -2.22. The molecular formula is C26H29ClN4O7. The largest absolute Gasteiger partial charge is 0.494 e. The smallest absolute Gasteiger partial charge is 0.319 e. The molecule has 38 heavy (non-hydrogen) atoms. The molecule has 12 heteroatoms. The van der Waals surface area contributed by atoms with Crippen molar-refractivity contribution in [1.82, 2.24) is 15.2 Å². The van der Waals surface area contributed by atoms with Crippen LogP contribution < -0.4 is 20.7 Å². The molecule has 11 nitrogen and oxygen atoms in total. The molecule has 1 aliphatic heterocycles. The van der Waals surface area contributed by atoms with Gasteiger partial charge in [-0.3, -0.25) is 14.9 Å². The molecule has 0 saturated carbocycles. The SMILES string of the molecule is COCCOCCOc1ccc(NC(=O)NCc2ccc3c(O)n(C4CCC(=O)NC4=O)cc3c2)cc1Cl. The lowest BCUT2D eigenvalue weighted by atomic mass is 10.1. The van der Waals surface area contributed by atoms with Crippen molar-refractivity contribution in [3.8, 4) is 11.6 Å². The van der Waals surface area contributed by atoms with Crippen LogP contribution in [-0.4, -0.2) is 61.1 Å². The van der Waals surface area contributed by atoms with Gasteiger partial charge in [-0.1, -0.05) is 17.7 Å². The number of aromatic hydroxyl groups is 1. The fourth-order valence-corrected chi connectivity index (χ4v) is 4.31. The van der Waals surface area contributed by atoms with Gasteiger partial charge >= 0.3 is 6.03 Å². The zero-order chi connectivity index (χ0) is 27.1. The minimum Gasteiger partial charge on any atom is -0.494 e. The van der Waals surface area contributed by atoms with Crippen molar-refractivity contribution >= 4 is 45.9 Å². The van der Waals surface area contributed by atoms with E-state index in [4.69, 9.17) is 25.8 Å². The number of carbonyl (C=O) groups excluding carboxylic acids is 3. The summed E-state index contributed by atoms with van der Waals surface area (Å²) in [6.07, 6.45) is 2.19. The molecule has 1 fully saturated rings. The monoisotopic (exact) mass is 544 g/mol. The number of imide groups is 1. The summed E-state index contributed by atoms with van der Waals surface area (Å²) < 4.78 is 17.3. The normalized spacial score (nSPS) is 15.4. The second-order valence-corrected chi connectivity index (χ2v) is 9.06. The molecule has 0 bridgehead atoms. The van der Waals surface area contributed by atoms with Crippen LogP contribution in [0.3, 0.4) is 0 Å².